The van der Waals surface area contributed by atoms with Crippen molar-refractivity contribution in [2.45, 2.75) is 65.5 Å². The molecule has 0 spiro atoms. The lowest BCUT2D eigenvalue weighted by Gasteiger charge is -2.31. The number of para-hydroxylation sites is 1. The van der Waals surface area contributed by atoms with Crippen molar-refractivity contribution in [3.63, 3.8) is 0 Å². The summed E-state index contributed by atoms with van der Waals surface area (Å²) in [6, 6.07) is 23.3. The summed E-state index contributed by atoms with van der Waals surface area (Å²) in [5.41, 5.74) is 5.32. The molecule has 4 heterocycles. The maximum Gasteiger partial charge on any atom is 0.358 e. The molecule has 1 fully saturated rings. The molecule has 0 unspecified atom stereocenters. The number of thiazole rings is 1. The quantitative estimate of drug-likeness (QED) is 0.128. The van der Waals surface area contributed by atoms with Crippen LogP contribution in [0.25, 0.3) is 21.3 Å². The molecule has 286 valence electrons. The van der Waals surface area contributed by atoms with Gasteiger partial charge in [-0.05, 0) is 131 Å². The van der Waals surface area contributed by atoms with Crippen LogP contribution in [-0.2, 0) is 22.5 Å². The molecule has 2 aliphatic rings. The van der Waals surface area contributed by atoms with Gasteiger partial charge in [-0.3, -0.25) is 19.8 Å². The van der Waals surface area contributed by atoms with Gasteiger partial charge < -0.3 is 19.5 Å². The molecule has 0 bridgehead atoms. The van der Waals surface area contributed by atoms with Crippen molar-refractivity contribution in [2.75, 3.05) is 43.0 Å². The Morgan fingerprint density at radius 2 is 1.71 bits per heavy atom. The van der Waals surface area contributed by atoms with E-state index in [0.29, 0.717) is 54.1 Å². The second-order valence-electron chi connectivity index (χ2n) is 15.3. The molecule has 1 saturated heterocycles. The van der Waals surface area contributed by atoms with Gasteiger partial charge in [0, 0.05) is 24.2 Å². The highest BCUT2D eigenvalue weighted by molar-refractivity contribution is 7.22. The number of carbonyl (C=O) groups excluding carboxylic acids is 2. The van der Waals surface area contributed by atoms with Gasteiger partial charge in [-0.1, -0.05) is 47.7 Å². The van der Waals surface area contributed by atoms with Crippen molar-refractivity contribution in [3.8, 4) is 16.9 Å². The van der Waals surface area contributed by atoms with Gasteiger partial charge in [0.1, 0.15) is 17.2 Å². The first-order valence-corrected chi connectivity index (χ1v) is 19.7. The number of carbonyl (C=O) groups is 3. The van der Waals surface area contributed by atoms with Crippen molar-refractivity contribution in [2.24, 2.45) is 5.92 Å². The Kier molecular flexibility index (Phi) is 11.2. The number of nitrogens with zero attached hydrogens (tertiary/aromatic N) is 4. The summed E-state index contributed by atoms with van der Waals surface area (Å²) in [6.07, 6.45) is 3.50. The van der Waals surface area contributed by atoms with Crippen LogP contribution in [-0.4, -0.2) is 76.2 Å². The average molecular weight is 762 g/mol. The van der Waals surface area contributed by atoms with Gasteiger partial charge in [-0.25, -0.2) is 14.8 Å². The number of ether oxygens (including phenoxy) is 2. The molecular formula is C43H47N5O6S. The third-order valence-corrected chi connectivity index (χ3v) is 11.2. The number of pyridine rings is 1. The van der Waals surface area contributed by atoms with E-state index < -0.39 is 17.5 Å². The van der Waals surface area contributed by atoms with Crippen molar-refractivity contribution >= 4 is 50.3 Å². The van der Waals surface area contributed by atoms with E-state index in [2.05, 4.69) is 21.3 Å². The third-order valence-electron chi connectivity index (χ3n) is 10.3. The number of aromatic nitrogens is 2. The Morgan fingerprint density at radius 3 is 2.47 bits per heavy atom. The summed E-state index contributed by atoms with van der Waals surface area (Å²) in [5.74, 6) is 0.327. The van der Waals surface area contributed by atoms with Crippen molar-refractivity contribution < 1.29 is 29.0 Å². The van der Waals surface area contributed by atoms with Crippen LogP contribution in [0.3, 0.4) is 0 Å². The summed E-state index contributed by atoms with van der Waals surface area (Å²) in [4.78, 5) is 52.3. The van der Waals surface area contributed by atoms with Gasteiger partial charge in [0.25, 0.3) is 5.91 Å². The lowest BCUT2D eigenvalue weighted by Crippen LogP contribution is -2.37. The number of benzene rings is 3. The van der Waals surface area contributed by atoms with Gasteiger partial charge in [-0.2, -0.15) is 0 Å². The Hall–Kier alpha value is -5.33. The molecule has 11 nitrogen and oxygen atoms in total. The number of amides is 1. The molecule has 0 atom stereocenters. The summed E-state index contributed by atoms with van der Waals surface area (Å²) in [5, 5.41) is 12.7. The van der Waals surface area contributed by atoms with Crippen LogP contribution in [0.2, 0.25) is 0 Å². The largest absolute Gasteiger partial charge is 0.493 e. The van der Waals surface area contributed by atoms with Crippen molar-refractivity contribution in [1.29, 1.82) is 0 Å². The van der Waals surface area contributed by atoms with Crippen LogP contribution in [0.1, 0.15) is 77.6 Å². The van der Waals surface area contributed by atoms with Crippen LogP contribution in [0, 0.1) is 12.8 Å². The number of carboxylic acid groups (broad SMARTS) is 1. The molecule has 1 amide bonds. The van der Waals surface area contributed by atoms with Crippen LogP contribution >= 0.6 is 11.3 Å². The molecule has 7 rings (SSSR count). The summed E-state index contributed by atoms with van der Waals surface area (Å²) < 4.78 is 13.2. The summed E-state index contributed by atoms with van der Waals surface area (Å²) >= 11 is 1.44. The highest BCUT2D eigenvalue weighted by atomic mass is 32.1. The molecule has 2 N–H and O–H groups in total. The highest BCUT2D eigenvalue weighted by Gasteiger charge is 2.28. The molecule has 3 aromatic carbocycles. The number of likely N-dealkylation sites (tertiary alicyclic amines) is 1. The maximum absolute atomic E-state index is 13.9. The SMILES string of the molecule is Cc1c(OCCC2CCN(CC(=O)O)CC2)cccc1-c1ccc(N2CCc3cccc(C(=O)Nc4nc5ccccc5s4)c3C2)nc1C(=O)OC(C)(C)C. The number of nitrogens with one attached hydrogen (secondary N) is 1. The number of aliphatic carboxylic acids is 1. The predicted octanol–water partition coefficient (Wildman–Crippen LogP) is 8.00. The molecule has 2 aliphatic heterocycles. The van der Waals surface area contributed by atoms with E-state index in [1.165, 1.54) is 11.3 Å². The minimum Gasteiger partial charge on any atom is -0.493 e. The summed E-state index contributed by atoms with van der Waals surface area (Å²) in [6.45, 7) is 10.8. The first-order valence-electron chi connectivity index (χ1n) is 18.9. The van der Waals surface area contributed by atoms with E-state index in [9.17, 15) is 14.4 Å². The Balaban J connectivity index is 1.11. The highest BCUT2D eigenvalue weighted by Crippen LogP contribution is 2.36. The normalized spacial score (nSPS) is 15.1. The molecule has 55 heavy (non-hydrogen) atoms. The lowest BCUT2D eigenvalue weighted by molar-refractivity contribution is -0.138. The topological polar surface area (TPSA) is 134 Å². The second-order valence-corrected chi connectivity index (χ2v) is 16.3. The predicted molar refractivity (Wildman–Crippen MR) is 215 cm³/mol. The number of carboxylic acids is 1. The number of esters is 1. The first kappa shape index (κ1) is 38.0. The number of hydrogen-bond donors (Lipinski definition) is 2. The fourth-order valence-electron chi connectivity index (χ4n) is 7.43. The monoisotopic (exact) mass is 761 g/mol. The van der Waals surface area contributed by atoms with E-state index in [1.54, 1.807) is 0 Å². The number of hydrogen-bond acceptors (Lipinski definition) is 10. The van der Waals surface area contributed by atoms with Gasteiger partial charge in [0.2, 0.25) is 0 Å². The van der Waals surface area contributed by atoms with Gasteiger partial charge >= 0.3 is 11.9 Å². The molecular weight excluding hydrogens is 715 g/mol. The number of fused-ring (bicyclic) bond motifs is 2. The zero-order chi connectivity index (χ0) is 38.7. The smallest absolute Gasteiger partial charge is 0.358 e. The van der Waals surface area contributed by atoms with Crippen LogP contribution < -0.4 is 15.0 Å². The van der Waals surface area contributed by atoms with E-state index in [-0.39, 0.29) is 18.1 Å². The molecule has 0 radical (unpaired) electrons. The molecule has 12 heteroatoms. The molecule has 0 saturated carbocycles. The first-order chi connectivity index (χ1) is 26.4. The average Bonchev–Trinajstić information content (AvgIpc) is 3.57. The second kappa shape index (κ2) is 16.2. The fourth-order valence-corrected chi connectivity index (χ4v) is 8.29. The Labute approximate surface area is 325 Å². The number of anilines is 2. The van der Waals surface area contributed by atoms with Crippen LogP contribution in [0.15, 0.2) is 72.8 Å². The van der Waals surface area contributed by atoms with E-state index in [0.717, 1.165) is 70.6 Å². The fraction of sp³-hybridized carbons (Fsp3) is 0.372. The minimum atomic E-state index is -0.786. The van der Waals surface area contributed by atoms with E-state index >= 15 is 0 Å². The summed E-state index contributed by atoms with van der Waals surface area (Å²) in [7, 11) is 0. The molecule has 2 aromatic heterocycles. The van der Waals surface area contributed by atoms with E-state index in [4.69, 9.17) is 19.6 Å². The van der Waals surface area contributed by atoms with Gasteiger partial charge in [0.15, 0.2) is 10.8 Å². The molecule has 5 aromatic rings. The third kappa shape index (κ3) is 8.98. The maximum atomic E-state index is 13.9. The van der Waals surface area contributed by atoms with Crippen molar-refractivity contribution in [1.82, 2.24) is 14.9 Å². The molecule has 0 aliphatic carbocycles. The van der Waals surface area contributed by atoms with Crippen molar-refractivity contribution in [3.05, 3.63) is 101 Å². The van der Waals surface area contributed by atoms with E-state index in [1.807, 2.05) is 99.3 Å². The Morgan fingerprint density at radius 1 is 0.927 bits per heavy atom. The minimum absolute atomic E-state index is 0.0917. The number of piperidine rings is 1. The van der Waals surface area contributed by atoms with Crippen LogP contribution in [0.4, 0.5) is 10.9 Å². The zero-order valence-corrected chi connectivity index (χ0v) is 32.6. The van der Waals surface area contributed by atoms with Crippen LogP contribution in [0.5, 0.6) is 5.75 Å². The van der Waals surface area contributed by atoms with Gasteiger partial charge in [0.05, 0.1) is 23.4 Å². The zero-order valence-electron chi connectivity index (χ0n) is 31.8. The standard InChI is InChI=1S/C43H47N5O6S/c1-27-30(10-8-13-35(27)53-24-20-28-17-21-47(22-18-28)26-38(49)50)31-15-16-37(45-39(31)41(52)54-43(2,3)4)48-23-19-29-9-7-11-32(33(29)25-48)40(51)46-42-44-34-12-5-6-14-36(34)55-42/h5-16,28H,17-26H2,1-4H3,(H,49,50)(H,44,46,51). The number of rotatable bonds is 11. The Bertz CT molecular complexity index is 2190. The van der Waals surface area contributed by atoms with Gasteiger partial charge in [-0.15, -0.1) is 0 Å². The lowest BCUT2D eigenvalue weighted by atomic mass is 9.94.